The molecule has 4 fully saturated rings. The van der Waals surface area contributed by atoms with Gasteiger partial charge < -0.3 is 44.3 Å². The minimum atomic E-state index is -0.385. The molecular weight excluding hydrogens is 917 g/mol. The van der Waals surface area contributed by atoms with Gasteiger partial charge in [0.25, 0.3) is 0 Å². The SMILES string of the molecule is C1CCCCC1.CC1CCC2C3CCc4cc(O)ccc4C3CCC12C.CCCCOCCOCCOCCOCCOc1cccc(C(=O)c2csc([C@@H]3CCCN3C(=O)CNC(=O)C(C)NC)n2)c1. The van der Waals surface area contributed by atoms with Crippen molar-refractivity contribution in [2.75, 3.05) is 79.6 Å². The van der Waals surface area contributed by atoms with E-state index < -0.39 is 0 Å². The summed E-state index contributed by atoms with van der Waals surface area (Å²) < 4.78 is 27.7. The molecule has 2 heterocycles. The van der Waals surface area contributed by atoms with E-state index in [0.29, 0.717) is 92.6 Å². The highest BCUT2D eigenvalue weighted by Crippen LogP contribution is 2.62. The quantitative estimate of drug-likeness (QED) is 0.0614. The molecule has 0 spiro atoms. The van der Waals surface area contributed by atoms with Crippen LogP contribution in [0, 0.1) is 23.2 Å². The molecule has 5 aliphatic rings. The first-order valence-corrected chi connectivity index (χ1v) is 28.0. The molecule has 3 aromatic rings. The normalized spacial score (nSPS) is 23.7. The molecule has 1 aromatic heterocycles. The average molecular weight is 1000 g/mol. The molecule has 71 heavy (non-hydrogen) atoms. The number of fused-ring (bicyclic) bond motifs is 5. The minimum Gasteiger partial charge on any atom is -0.508 e. The fraction of sp³-hybridized carbons (Fsp3) is 0.684. The standard InChI is InChI=1S/C32H48N4O8S.C19H26O.C6H12/c1-4-5-12-40-13-14-41-15-16-42-17-18-43-19-20-44-26-9-6-8-25(21-26)30(38)27-23-45-32(35-27)28-10-7-11-36(28)29(37)22-34-31(39)24(2)33-3;1-12-3-8-18-17-6-4-13-11-14(20)5-7-15(13)16(17)9-10-19(12,18)2;1-2-4-6-5-3-1/h6,8-9,21,23-24,28,33H,4-5,7,10-20,22H2,1-3H3,(H,34,39);5,7,11-12,16-18,20H,3-4,6,8-10H2,1-2H3;1-6H2/t24?,28-;;/m0../s1. The third kappa shape index (κ3) is 16.5. The number of ketones is 1. The first-order valence-electron chi connectivity index (χ1n) is 27.1. The fourth-order valence-corrected chi connectivity index (χ4v) is 12.4. The predicted octanol–water partition coefficient (Wildman–Crippen LogP) is 10.2. The molecule has 0 radical (unpaired) electrons. The number of nitrogens with one attached hydrogen (secondary N) is 2. The van der Waals surface area contributed by atoms with Gasteiger partial charge in [0.2, 0.25) is 17.6 Å². The first-order chi connectivity index (χ1) is 34.5. The number of aromatic nitrogens is 1. The van der Waals surface area contributed by atoms with Crippen molar-refractivity contribution in [3.05, 3.63) is 75.2 Å². The van der Waals surface area contributed by atoms with Gasteiger partial charge in [0.05, 0.1) is 64.9 Å². The Labute approximate surface area is 428 Å². The Bertz CT molecular complexity index is 2070. The van der Waals surface area contributed by atoms with Crippen LogP contribution in [0.1, 0.15) is 168 Å². The number of thiazole rings is 1. The van der Waals surface area contributed by atoms with E-state index in [2.05, 4.69) is 42.5 Å². The van der Waals surface area contributed by atoms with E-state index >= 15 is 0 Å². The van der Waals surface area contributed by atoms with E-state index in [1.165, 1.54) is 94.0 Å². The number of carbonyl (C=O) groups excluding carboxylic acids is 3. The van der Waals surface area contributed by atoms with Crippen molar-refractivity contribution in [3.8, 4) is 11.5 Å². The van der Waals surface area contributed by atoms with Gasteiger partial charge >= 0.3 is 0 Å². The molecule has 1 saturated heterocycles. The third-order valence-electron chi connectivity index (χ3n) is 15.9. The number of carbonyl (C=O) groups is 3. The lowest BCUT2D eigenvalue weighted by Crippen LogP contribution is -2.45. The van der Waals surface area contributed by atoms with Gasteiger partial charge in [-0.05, 0) is 136 Å². The monoisotopic (exact) mass is 1000 g/mol. The Hall–Kier alpha value is -3.92. The van der Waals surface area contributed by atoms with Crippen molar-refractivity contribution >= 4 is 28.9 Å². The Morgan fingerprint density at radius 2 is 1.52 bits per heavy atom. The Morgan fingerprint density at radius 1 is 0.845 bits per heavy atom. The number of aromatic hydroxyl groups is 1. The van der Waals surface area contributed by atoms with E-state index in [1.54, 1.807) is 54.1 Å². The summed E-state index contributed by atoms with van der Waals surface area (Å²) >= 11 is 1.37. The van der Waals surface area contributed by atoms with Crippen LogP contribution in [0.3, 0.4) is 0 Å². The van der Waals surface area contributed by atoms with Crippen LogP contribution in [-0.2, 0) is 35.0 Å². The molecule has 6 unspecified atom stereocenters. The molecule has 7 atom stereocenters. The van der Waals surface area contributed by atoms with Crippen molar-refractivity contribution in [1.82, 2.24) is 20.5 Å². The molecule has 13 nitrogen and oxygen atoms in total. The second-order valence-electron chi connectivity index (χ2n) is 20.5. The molecule has 8 rings (SSSR count). The van der Waals surface area contributed by atoms with Crippen molar-refractivity contribution in [1.29, 1.82) is 0 Å². The summed E-state index contributed by atoms with van der Waals surface area (Å²) in [5, 5.41) is 17.7. The Kier molecular flexibility index (Phi) is 23.6. The van der Waals surface area contributed by atoms with Crippen LogP contribution in [0.25, 0.3) is 0 Å². The maximum atomic E-state index is 13.2. The minimum absolute atomic E-state index is 0.0740. The number of hydrogen-bond acceptors (Lipinski definition) is 12. The van der Waals surface area contributed by atoms with Crippen LogP contribution in [0.5, 0.6) is 11.5 Å². The Morgan fingerprint density at radius 3 is 2.20 bits per heavy atom. The number of phenolic OH excluding ortho intramolecular Hbond substituents is 1. The molecule has 2 amide bonds. The van der Waals surface area contributed by atoms with Crippen LogP contribution in [-0.4, -0.2) is 118 Å². The van der Waals surface area contributed by atoms with Gasteiger partial charge in [-0.15, -0.1) is 11.3 Å². The smallest absolute Gasteiger partial charge is 0.242 e. The summed E-state index contributed by atoms with van der Waals surface area (Å²) in [6.07, 6.45) is 21.0. The number of amides is 2. The van der Waals surface area contributed by atoms with Crippen LogP contribution in [0.2, 0.25) is 0 Å². The molecule has 2 aromatic carbocycles. The van der Waals surface area contributed by atoms with Crippen molar-refractivity contribution in [2.24, 2.45) is 23.2 Å². The van der Waals surface area contributed by atoms with E-state index in [0.717, 1.165) is 56.0 Å². The second kappa shape index (κ2) is 29.7. The van der Waals surface area contributed by atoms with E-state index in [4.69, 9.17) is 23.7 Å². The summed E-state index contributed by atoms with van der Waals surface area (Å²) in [7, 11) is 1.69. The van der Waals surface area contributed by atoms with E-state index in [-0.39, 0.29) is 36.2 Å². The summed E-state index contributed by atoms with van der Waals surface area (Å²) in [5.74, 6) is 3.92. The lowest BCUT2D eigenvalue weighted by molar-refractivity contribution is -0.134. The molecule has 394 valence electrons. The Balaban J connectivity index is 0.000000255. The molecule has 0 bridgehead atoms. The van der Waals surface area contributed by atoms with E-state index in [9.17, 15) is 19.5 Å². The van der Waals surface area contributed by atoms with Gasteiger partial charge in [-0.2, -0.15) is 0 Å². The topological polar surface area (TPSA) is 158 Å². The molecule has 3 saturated carbocycles. The van der Waals surface area contributed by atoms with Gasteiger partial charge in [0, 0.05) is 24.1 Å². The molecule has 14 heteroatoms. The summed E-state index contributed by atoms with van der Waals surface area (Å²) in [4.78, 5) is 44.5. The second-order valence-corrected chi connectivity index (χ2v) is 21.4. The average Bonchev–Trinajstić information content (AvgIpc) is 4.16. The van der Waals surface area contributed by atoms with Crippen LogP contribution < -0.4 is 15.4 Å². The maximum Gasteiger partial charge on any atom is 0.242 e. The van der Waals surface area contributed by atoms with Crippen LogP contribution in [0.15, 0.2) is 47.8 Å². The zero-order valence-corrected chi connectivity index (χ0v) is 44.5. The highest BCUT2D eigenvalue weighted by Gasteiger charge is 2.53. The number of rotatable bonds is 23. The number of aryl methyl sites for hydroxylation is 1. The zero-order chi connectivity index (χ0) is 50.4. The van der Waals surface area contributed by atoms with Gasteiger partial charge in [-0.1, -0.05) is 83.9 Å². The highest BCUT2D eigenvalue weighted by atomic mass is 32.1. The van der Waals surface area contributed by atoms with Crippen molar-refractivity contribution in [2.45, 2.75) is 148 Å². The number of phenols is 1. The highest BCUT2D eigenvalue weighted by molar-refractivity contribution is 7.10. The van der Waals surface area contributed by atoms with Gasteiger partial charge in [-0.25, -0.2) is 4.98 Å². The first kappa shape index (κ1) is 56.4. The zero-order valence-electron chi connectivity index (χ0n) is 43.7. The number of hydrogen-bond donors (Lipinski definition) is 3. The van der Waals surface area contributed by atoms with Crippen molar-refractivity contribution < 1.29 is 43.2 Å². The number of likely N-dealkylation sites (N-methyl/N-ethyl adjacent to an activating group) is 1. The van der Waals surface area contributed by atoms with Crippen LogP contribution >= 0.6 is 11.3 Å². The molecular formula is C57H86N4O9S. The lowest BCUT2D eigenvalue weighted by atomic mass is 9.54. The molecule has 4 aliphatic carbocycles. The largest absolute Gasteiger partial charge is 0.508 e. The number of benzene rings is 2. The van der Waals surface area contributed by atoms with Gasteiger partial charge in [-0.3, -0.25) is 14.4 Å². The predicted molar refractivity (Wildman–Crippen MR) is 280 cm³/mol. The van der Waals surface area contributed by atoms with Crippen molar-refractivity contribution in [3.63, 3.8) is 0 Å². The van der Waals surface area contributed by atoms with Crippen LogP contribution in [0.4, 0.5) is 0 Å². The molecule has 3 N–H and O–H groups in total. The van der Waals surface area contributed by atoms with E-state index in [1.807, 2.05) is 12.1 Å². The molecule has 1 aliphatic heterocycles. The maximum absolute atomic E-state index is 13.2. The number of nitrogens with zero attached hydrogens (tertiary/aromatic N) is 2. The number of unbranched alkanes of at least 4 members (excludes halogenated alkanes) is 1. The lowest BCUT2D eigenvalue weighted by Gasteiger charge is -2.50. The summed E-state index contributed by atoms with van der Waals surface area (Å²) in [6, 6.07) is 12.5. The summed E-state index contributed by atoms with van der Waals surface area (Å²) in [5.41, 5.74) is 4.38. The third-order valence-corrected chi connectivity index (χ3v) is 16.8. The number of ether oxygens (including phenoxy) is 5. The van der Waals surface area contributed by atoms with Gasteiger partial charge in [0.1, 0.15) is 28.8 Å². The number of likely N-dealkylation sites (tertiary alicyclic amines) is 1. The van der Waals surface area contributed by atoms with Gasteiger partial charge in [0.15, 0.2) is 0 Å². The fourth-order valence-electron chi connectivity index (χ4n) is 11.4. The summed E-state index contributed by atoms with van der Waals surface area (Å²) in [6.45, 7) is 14.0.